The van der Waals surface area contributed by atoms with E-state index in [-0.39, 0.29) is 27.4 Å². The summed E-state index contributed by atoms with van der Waals surface area (Å²) in [5.74, 6) is 0.0227. The maximum atomic E-state index is 12.8. The molecule has 2 N–H and O–H groups in total. The molecule has 1 atom stereocenters. The number of amides is 1. The largest absolute Gasteiger partial charge is 0.345 e. The van der Waals surface area contributed by atoms with Gasteiger partial charge in [0.1, 0.15) is 0 Å². The van der Waals surface area contributed by atoms with Crippen molar-refractivity contribution in [2.75, 3.05) is 6.54 Å². The first-order chi connectivity index (χ1) is 13.3. The molecule has 2 aromatic carbocycles. The monoisotopic (exact) mass is 420 g/mol. The van der Waals surface area contributed by atoms with E-state index in [1.807, 2.05) is 32.0 Å². The van der Waals surface area contributed by atoms with Crippen molar-refractivity contribution in [1.29, 1.82) is 0 Å². The zero-order valence-electron chi connectivity index (χ0n) is 16.0. The highest BCUT2D eigenvalue weighted by Gasteiger charge is 2.25. The van der Waals surface area contributed by atoms with Gasteiger partial charge in [-0.15, -0.1) is 0 Å². The van der Waals surface area contributed by atoms with Crippen molar-refractivity contribution in [3.63, 3.8) is 0 Å². The standard InChI is InChI=1S/C21H25ClN2O3S/c1-14(2)11-12-23-28(26,27)16-8-9-19(22)18(13-16)21(25)24-20-10-7-15-5-3-4-6-17(15)20/h3-6,8-9,13-14,20,23H,7,10-12H2,1-2H3,(H,24,25). The third kappa shape index (κ3) is 4.74. The second kappa shape index (κ2) is 8.64. The summed E-state index contributed by atoms with van der Waals surface area (Å²) in [6.45, 7) is 4.41. The third-order valence-corrected chi connectivity index (χ3v) is 6.73. The molecular formula is C21H25ClN2O3S. The summed E-state index contributed by atoms with van der Waals surface area (Å²) >= 11 is 6.20. The summed E-state index contributed by atoms with van der Waals surface area (Å²) in [5, 5.41) is 3.22. The highest BCUT2D eigenvalue weighted by molar-refractivity contribution is 7.89. The number of benzene rings is 2. The molecule has 0 fully saturated rings. The van der Waals surface area contributed by atoms with E-state index in [0.717, 1.165) is 24.8 Å². The van der Waals surface area contributed by atoms with Crippen LogP contribution in [0, 0.1) is 5.92 Å². The van der Waals surface area contributed by atoms with Crippen LogP contribution in [-0.2, 0) is 16.4 Å². The van der Waals surface area contributed by atoms with Gasteiger partial charge in [-0.05, 0) is 54.5 Å². The highest BCUT2D eigenvalue weighted by Crippen LogP contribution is 2.31. The van der Waals surface area contributed by atoms with Crippen LogP contribution in [0.4, 0.5) is 0 Å². The first-order valence-electron chi connectivity index (χ1n) is 9.46. The van der Waals surface area contributed by atoms with Crippen molar-refractivity contribution in [1.82, 2.24) is 10.0 Å². The summed E-state index contributed by atoms with van der Waals surface area (Å²) < 4.78 is 27.6. The normalized spacial score (nSPS) is 16.2. The van der Waals surface area contributed by atoms with Gasteiger partial charge >= 0.3 is 0 Å². The Labute approximate surface area is 171 Å². The summed E-state index contributed by atoms with van der Waals surface area (Å²) in [6, 6.07) is 12.1. The van der Waals surface area contributed by atoms with E-state index in [0.29, 0.717) is 12.5 Å². The lowest BCUT2D eigenvalue weighted by Gasteiger charge is -2.15. The van der Waals surface area contributed by atoms with Crippen molar-refractivity contribution >= 4 is 27.5 Å². The molecule has 1 aliphatic carbocycles. The Bertz CT molecular complexity index is 973. The fourth-order valence-electron chi connectivity index (χ4n) is 3.35. The van der Waals surface area contributed by atoms with Crippen molar-refractivity contribution in [2.45, 2.75) is 44.0 Å². The van der Waals surface area contributed by atoms with Crippen LogP contribution in [0.5, 0.6) is 0 Å². The summed E-state index contributed by atoms with van der Waals surface area (Å²) in [4.78, 5) is 12.8. The first kappa shape index (κ1) is 20.8. The van der Waals surface area contributed by atoms with Crippen LogP contribution < -0.4 is 10.0 Å². The SMILES string of the molecule is CC(C)CCNS(=O)(=O)c1ccc(Cl)c(C(=O)NC2CCc3ccccc32)c1. The Morgan fingerprint density at radius 3 is 2.71 bits per heavy atom. The molecule has 0 saturated heterocycles. The van der Waals surface area contributed by atoms with Crippen LogP contribution in [0.3, 0.4) is 0 Å². The van der Waals surface area contributed by atoms with Crippen molar-refractivity contribution in [3.8, 4) is 0 Å². The average molecular weight is 421 g/mol. The molecule has 1 unspecified atom stereocenters. The molecule has 2 aromatic rings. The van der Waals surface area contributed by atoms with E-state index in [4.69, 9.17) is 11.6 Å². The van der Waals surface area contributed by atoms with E-state index in [9.17, 15) is 13.2 Å². The Morgan fingerprint density at radius 1 is 1.21 bits per heavy atom. The van der Waals surface area contributed by atoms with Crippen molar-refractivity contribution < 1.29 is 13.2 Å². The third-order valence-electron chi connectivity index (χ3n) is 4.94. The van der Waals surface area contributed by atoms with Crippen LogP contribution in [0.1, 0.15) is 54.2 Å². The van der Waals surface area contributed by atoms with Crippen molar-refractivity contribution in [3.05, 3.63) is 64.2 Å². The van der Waals surface area contributed by atoms with Gasteiger partial charge in [0.25, 0.3) is 5.91 Å². The molecule has 0 aromatic heterocycles. The predicted molar refractivity (Wildman–Crippen MR) is 111 cm³/mol. The van der Waals surface area contributed by atoms with Gasteiger partial charge in [-0.2, -0.15) is 0 Å². The number of carbonyl (C=O) groups excluding carboxylic acids is 1. The quantitative estimate of drug-likeness (QED) is 0.708. The van der Waals surface area contributed by atoms with Crippen LogP contribution in [0.25, 0.3) is 0 Å². The summed E-state index contributed by atoms with van der Waals surface area (Å²) in [7, 11) is -3.69. The highest BCUT2D eigenvalue weighted by atomic mass is 35.5. The molecule has 0 aliphatic heterocycles. The number of halogens is 1. The summed E-state index contributed by atoms with van der Waals surface area (Å²) in [6.07, 6.45) is 2.46. The van der Waals surface area contributed by atoms with Gasteiger partial charge in [-0.25, -0.2) is 13.1 Å². The molecule has 1 aliphatic rings. The zero-order chi connectivity index (χ0) is 20.3. The number of hydrogen-bond acceptors (Lipinski definition) is 3. The molecule has 150 valence electrons. The Morgan fingerprint density at radius 2 is 1.96 bits per heavy atom. The number of sulfonamides is 1. The summed E-state index contributed by atoms with van der Waals surface area (Å²) in [5.41, 5.74) is 2.49. The Kier molecular flexibility index (Phi) is 6.43. The first-order valence-corrected chi connectivity index (χ1v) is 11.3. The van der Waals surface area contributed by atoms with E-state index in [2.05, 4.69) is 16.1 Å². The molecule has 0 saturated carbocycles. The second-order valence-corrected chi connectivity index (χ2v) is 9.66. The van der Waals surface area contributed by atoms with E-state index in [1.165, 1.54) is 23.8 Å². The molecule has 3 rings (SSSR count). The average Bonchev–Trinajstić information content (AvgIpc) is 3.04. The topological polar surface area (TPSA) is 75.3 Å². The van der Waals surface area contributed by atoms with E-state index < -0.39 is 10.0 Å². The van der Waals surface area contributed by atoms with Gasteiger partial charge in [-0.1, -0.05) is 49.7 Å². The number of aryl methyl sites for hydroxylation is 1. The fraction of sp³-hybridized carbons (Fsp3) is 0.381. The second-order valence-electron chi connectivity index (χ2n) is 7.49. The Hall–Kier alpha value is -1.89. The number of rotatable bonds is 7. The molecule has 0 bridgehead atoms. The van der Waals surface area contributed by atoms with Gasteiger partial charge in [0.2, 0.25) is 10.0 Å². The number of fused-ring (bicyclic) bond motifs is 1. The molecule has 5 nitrogen and oxygen atoms in total. The van der Waals surface area contributed by atoms with Crippen LogP contribution in [-0.4, -0.2) is 20.9 Å². The zero-order valence-corrected chi connectivity index (χ0v) is 17.6. The maximum Gasteiger partial charge on any atom is 0.253 e. The Balaban J connectivity index is 1.77. The van der Waals surface area contributed by atoms with Gasteiger partial charge < -0.3 is 5.32 Å². The molecule has 0 radical (unpaired) electrons. The van der Waals surface area contributed by atoms with Crippen LogP contribution in [0.2, 0.25) is 5.02 Å². The van der Waals surface area contributed by atoms with Gasteiger partial charge in [0, 0.05) is 6.54 Å². The molecular weight excluding hydrogens is 396 g/mol. The number of carbonyl (C=O) groups is 1. The molecule has 0 heterocycles. The molecule has 1 amide bonds. The minimum absolute atomic E-state index is 0.0395. The number of nitrogens with one attached hydrogen (secondary N) is 2. The van der Waals surface area contributed by atoms with E-state index in [1.54, 1.807) is 0 Å². The van der Waals surface area contributed by atoms with Crippen LogP contribution in [0.15, 0.2) is 47.4 Å². The lowest BCUT2D eigenvalue weighted by molar-refractivity contribution is 0.0936. The van der Waals surface area contributed by atoms with Gasteiger partial charge in [-0.3, -0.25) is 4.79 Å². The van der Waals surface area contributed by atoms with E-state index >= 15 is 0 Å². The predicted octanol–water partition coefficient (Wildman–Crippen LogP) is 4.08. The molecule has 7 heteroatoms. The fourth-order valence-corrected chi connectivity index (χ4v) is 4.63. The maximum absolute atomic E-state index is 12.8. The lowest BCUT2D eigenvalue weighted by Crippen LogP contribution is -2.28. The van der Waals surface area contributed by atoms with Gasteiger partial charge in [0.05, 0.1) is 21.5 Å². The minimum atomic E-state index is -3.69. The van der Waals surface area contributed by atoms with Crippen molar-refractivity contribution in [2.24, 2.45) is 5.92 Å². The van der Waals surface area contributed by atoms with Crippen LogP contribution >= 0.6 is 11.6 Å². The minimum Gasteiger partial charge on any atom is -0.345 e. The molecule has 0 spiro atoms. The van der Waals surface area contributed by atoms with Gasteiger partial charge in [0.15, 0.2) is 0 Å². The number of hydrogen-bond donors (Lipinski definition) is 2. The molecule has 28 heavy (non-hydrogen) atoms. The lowest BCUT2D eigenvalue weighted by atomic mass is 10.1. The smallest absolute Gasteiger partial charge is 0.253 e.